The predicted molar refractivity (Wildman–Crippen MR) is 107 cm³/mol. The van der Waals surface area contributed by atoms with Crippen molar-refractivity contribution in [3.63, 3.8) is 0 Å². The SMILES string of the molecule is CCOC(=O)N1CCN(c2ccc3ccccc3n2)CC1.O=C(O)/C=C\C(=O)O. The van der Waals surface area contributed by atoms with Gasteiger partial charge in [-0.2, -0.15) is 0 Å². The smallest absolute Gasteiger partial charge is 0.409 e. The van der Waals surface area contributed by atoms with Gasteiger partial charge in [0.2, 0.25) is 0 Å². The molecule has 2 aromatic rings. The summed E-state index contributed by atoms with van der Waals surface area (Å²) < 4.78 is 5.03. The van der Waals surface area contributed by atoms with Crippen LogP contribution in [0.4, 0.5) is 10.6 Å². The van der Waals surface area contributed by atoms with Gasteiger partial charge >= 0.3 is 18.0 Å². The molecule has 1 aliphatic rings. The van der Waals surface area contributed by atoms with Crippen LogP contribution in [0.5, 0.6) is 0 Å². The third-order valence-electron chi connectivity index (χ3n) is 4.08. The molecule has 1 aromatic carbocycles. The Morgan fingerprint density at radius 3 is 2.21 bits per heavy atom. The summed E-state index contributed by atoms with van der Waals surface area (Å²) in [6, 6.07) is 12.2. The Morgan fingerprint density at radius 1 is 1.00 bits per heavy atom. The second-order valence-electron chi connectivity index (χ2n) is 6.04. The van der Waals surface area contributed by atoms with Crippen molar-refractivity contribution in [1.29, 1.82) is 0 Å². The van der Waals surface area contributed by atoms with Gasteiger partial charge in [-0.15, -0.1) is 0 Å². The molecule has 0 unspecified atom stereocenters. The molecule has 1 saturated heterocycles. The molecular weight excluding hydrogens is 378 g/mol. The largest absolute Gasteiger partial charge is 0.478 e. The normalized spacial score (nSPS) is 13.7. The molecule has 1 amide bonds. The van der Waals surface area contributed by atoms with Crippen LogP contribution < -0.4 is 4.90 Å². The number of piperazine rings is 1. The first kappa shape index (κ1) is 21.7. The van der Waals surface area contributed by atoms with Crippen LogP contribution in [0.2, 0.25) is 0 Å². The van der Waals surface area contributed by atoms with E-state index in [0.29, 0.717) is 31.8 Å². The number of carboxylic acids is 2. The number of hydrogen-bond acceptors (Lipinski definition) is 6. The molecule has 9 heteroatoms. The molecule has 0 radical (unpaired) electrons. The molecule has 0 spiro atoms. The van der Waals surface area contributed by atoms with E-state index in [1.165, 1.54) is 0 Å². The molecule has 0 atom stereocenters. The van der Waals surface area contributed by atoms with Crippen LogP contribution >= 0.6 is 0 Å². The monoisotopic (exact) mass is 401 g/mol. The third-order valence-corrected chi connectivity index (χ3v) is 4.08. The van der Waals surface area contributed by atoms with Crippen LogP contribution in [-0.4, -0.2) is 70.9 Å². The van der Waals surface area contributed by atoms with E-state index in [1.807, 2.05) is 31.2 Å². The van der Waals surface area contributed by atoms with Crippen LogP contribution in [-0.2, 0) is 14.3 Å². The maximum absolute atomic E-state index is 11.7. The summed E-state index contributed by atoms with van der Waals surface area (Å²) in [4.78, 5) is 39.5. The Bertz CT molecular complexity index is 875. The first-order valence-electron chi connectivity index (χ1n) is 9.07. The number of benzene rings is 1. The van der Waals surface area contributed by atoms with Crippen molar-refractivity contribution in [2.24, 2.45) is 0 Å². The highest BCUT2D eigenvalue weighted by molar-refractivity contribution is 5.89. The number of rotatable bonds is 4. The molecule has 154 valence electrons. The minimum Gasteiger partial charge on any atom is -0.478 e. The van der Waals surface area contributed by atoms with Crippen LogP contribution in [0.25, 0.3) is 10.9 Å². The maximum atomic E-state index is 11.7. The molecule has 0 aliphatic carbocycles. The summed E-state index contributed by atoms with van der Waals surface area (Å²) in [7, 11) is 0. The number of ether oxygens (including phenoxy) is 1. The average molecular weight is 401 g/mol. The fourth-order valence-electron chi connectivity index (χ4n) is 2.71. The van der Waals surface area contributed by atoms with Crippen molar-refractivity contribution in [2.45, 2.75) is 6.92 Å². The molecule has 1 aromatic heterocycles. The Kier molecular flexibility index (Phi) is 7.96. The van der Waals surface area contributed by atoms with Crippen molar-refractivity contribution in [2.75, 3.05) is 37.7 Å². The van der Waals surface area contributed by atoms with Crippen LogP contribution in [0, 0.1) is 0 Å². The average Bonchev–Trinajstić information content (AvgIpc) is 2.72. The highest BCUT2D eigenvalue weighted by atomic mass is 16.6. The van der Waals surface area contributed by atoms with Crippen molar-refractivity contribution in [1.82, 2.24) is 9.88 Å². The molecule has 29 heavy (non-hydrogen) atoms. The van der Waals surface area contributed by atoms with Gasteiger partial charge in [0.05, 0.1) is 12.1 Å². The van der Waals surface area contributed by atoms with Gasteiger partial charge in [-0.3, -0.25) is 0 Å². The van der Waals surface area contributed by atoms with E-state index in [0.717, 1.165) is 29.8 Å². The number of aliphatic carboxylic acids is 2. The Balaban J connectivity index is 0.000000321. The fourth-order valence-corrected chi connectivity index (χ4v) is 2.71. The van der Waals surface area contributed by atoms with E-state index in [9.17, 15) is 14.4 Å². The summed E-state index contributed by atoms with van der Waals surface area (Å²) in [5.74, 6) is -1.54. The van der Waals surface area contributed by atoms with Gasteiger partial charge in [0.1, 0.15) is 5.82 Å². The minimum absolute atomic E-state index is 0.219. The zero-order valence-electron chi connectivity index (χ0n) is 16.0. The summed E-state index contributed by atoms with van der Waals surface area (Å²) in [6.45, 7) is 5.16. The minimum atomic E-state index is -1.26. The topological polar surface area (TPSA) is 120 Å². The number of carbonyl (C=O) groups is 3. The van der Waals surface area contributed by atoms with Gasteiger partial charge in [0.25, 0.3) is 0 Å². The molecule has 0 saturated carbocycles. The highest BCUT2D eigenvalue weighted by Crippen LogP contribution is 2.19. The van der Waals surface area contributed by atoms with E-state index >= 15 is 0 Å². The van der Waals surface area contributed by atoms with Crippen molar-refractivity contribution in [3.05, 3.63) is 48.6 Å². The number of carbonyl (C=O) groups excluding carboxylic acids is 1. The molecule has 2 N–H and O–H groups in total. The summed E-state index contributed by atoms with van der Waals surface area (Å²) in [5.41, 5.74) is 1.00. The Hall–Kier alpha value is -3.62. The van der Waals surface area contributed by atoms with Gasteiger partial charge in [-0.1, -0.05) is 18.2 Å². The summed E-state index contributed by atoms with van der Waals surface area (Å²) >= 11 is 0. The number of pyridine rings is 1. The first-order valence-corrected chi connectivity index (χ1v) is 9.07. The summed E-state index contributed by atoms with van der Waals surface area (Å²) in [6.07, 6.45) is 0.897. The highest BCUT2D eigenvalue weighted by Gasteiger charge is 2.22. The maximum Gasteiger partial charge on any atom is 0.409 e. The van der Waals surface area contributed by atoms with E-state index in [2.05, 4.69) is 17.0 Å². The van der Waals surface area contributed by atoms with E-state index in [4.69, 9.17) is 19.9 Å². The lowest BCUT2D eigenvalue weighted by atomic mass is 10.2. The molecule has 9 nitrogen and oxygen atoms in total. The zero-order chi connectivity index (χ0) is 21.2. The number of amides is 1. The van der Waals surface area contributed by atoms with Crippen LogP contribution in [0.15, 0.2) is 48.6 Å². The lowest BCUT2D eigenvalue weighted by Crippen LogP contribution is -2.49. The molecule has 1 aliphatic heterocycles. The van der Waals surface area contributed by atoms with Gasteiger partial charge < -0.3 is 24.7 Å². The summed E-state index contributed by atoms with van der Waals surface area (Å²) in [5, 5.41) is 16.8. The lowest BCUT2D eigenvalue weighted by Gasteiger charge is -2.34. The Morgan fingerprint density at radius 2 is 1.62 bits per heavy atom. The van der Waals surface area contributed by atoms with Crippen molar-refractivity contribution < 1.29 is 29.3 Å². The van der Waals surface area contributed by atoms with Crippen molar-refractivity contribution in [3.8, 4) is 0 Å². The standard InChI is InChI=1S/C16H19N3O2.C4H4O4/c1-2-21-16(20)19-11-9-18(10-12-19)15-8-7-13-5-3-4-6-14(13)17-15;5-3(6)1-2-4(7)8/h3-8H,2,9-12H2,1H3;1-2H,(H,5,6)(H,7,8)/b;2-1-. The molecule has 2 heterocycles. The second-order valence-corrected chi connectivity index (χ2v) is 6.04. The number of carboxylic acid groups (broad SMARTS) is 2. The van der Waals surface area contributed by atoms with E-state index in [1.54, 1.807) is 4.90 Å². The lowest BCUT2D eigenvalue weighted by molar-refractivity contribution is -0.134. The first-order chi connectivity index (χ1) is 13.9. The predicted octanol–water partition coefficient (Wildman–Crippen LogP) is 2.23. The van der Waals surface area contributed by atoms with Crippen molar-refractivity contribution >= 4 is 34.8 Å². The second kappa shape index (κ2) is 10.6. The Labute approximate surface area is 167 Å². The number of hydrogen-bond donors (Lipinski definition) is 2. The third kappa shape index (κ3) is 6.80. The van der Waals surface area contributed by atoms with Gasteiger partial charge in [-0.05, 0) is 25.1 Å². The molecule has 0 bridgehead atoms. The number of para-hydroxylation sites is 1. The number of anilines is 1. The van der Waals surface area contributed by atoms with E-state index in [-0.39, 0.29) is 6.09 Å². The molecular formula is C20H23N3O6. The number of nitrogens with zero attached hydrogens (tertiary/aromatic N) is 3. The van der Waals surface area contributed by atoms with Crippen LogP contribution in [0.3, 0.4) is 0 Å². The number of aromatic nitrogens is 1. The molecule has 1 fully saturated rings. The quantitative estimate of drug-likeness (QED) is 0.749. The molecule has 3 rings (SSSR count). The number of fused-ring (bicyclic) bond motifs is 1. The van der Waals surface area contributed by atoms with Gasteiger partial charge in [0.15, 0.2) is 0 Å². The zero-order valence-corrected chi connectivity index (χ0v) is 16.0. The fraction of sp³-hybridized carbons (Fsp3) is 0.300. The van der Waals surface area contributed by atoms with Crippen LogP contribution in [0.1, 0.15) is 6.92 Å². The van der Waals surface area contributed by atoms with E-state index < -0.39 is 11.9 Å². The van der Waals surface area contributed by atoms with Gasteiger partial charge in [0, 0.05) is 43.7 Å². The van der Waals surface area contributed by atoms with Gasteiger partial charge in [-0.25, -0.2) is 19.4 Å².